The fourth-order valence-electron chi connectivity index (χ4n) is 2.17. The number of amides is 2. The Bertz CT molecular complexity index is 492. The third kappa shape index (κ3) is 3.90. The van der Waals surface area contributed by atoms with Crippen LogP contribution in [0.3, 0.4) is 0 Å². The molecule has 20 heavy (non-hydrogen) atoms. The topological polar surface area (TPSA) is 49.4 Å². The zero-order valence-electron chi connectivity index (χ0n) is 11.2. The van der Waals surface area contributed by atoms with Gasteiger partial charge < -0.3 is 10.2 Å². The summed E-state index contributed by atoms with van der Waals surface area (Å²) < 4.78 is 0.769. The summed E-state index contributed by atoms with van der Waals surface area (Å²) in [5, 5.41) is 2.80. The van der Waals surface area contributed by atoms with Crippen molar-refractivity contribution in [2.24, 2.45) is 0 Å². The molecule has 1 atom stereocenters. The van der Waals surface area contributed by atoms with E-state index in [0.29, 0.717) is 25.3 Å². The molecular weight excluding hydrogens is 316 g/mol. The second-order valence-corrected chi connectivity index (χ2v) is 7.29. The van der Waals surface area contributed by atoms with E-state index in [1.807, 2.05) is 19.1 Å². The summed E-state index contributed by atoms with van der Waals surface area (Å²) in [4.78, 5) is 26.8. The lowest BCUT2D eigenvalue weighted by Crippen LogP contribution is -2.57. The quantitative estimate of drug-likeness (QED) is 0.900. The number of carbonyl (C=O) groups excluding carboxylic acids is 2. The third-order valence-electron chi connectivity index (χ3n) is 3.14. The lowest BCUT2D eigenvalue weighted by atomic mass is 10.1. The first-order valence-electron chi connectivity index (χ1n) is 6.51. The molecule has 2 rings (SSSR count). The minimum absolute atomic E-state index is 0.0397. The Morgan fingerprint density at radius 2 is 2.40 bits per heavy atom. The summed E-state index contributed by atoms with van der Waals surface area (Å²) in [7, 11) is 0. The second kappa shape index (κ2) is 7.33. The highest BCUT2D eigenvalue weighted by Crippen LogP contribution is 2.25. The maximum Gasteiger partial charge on any atom is 0.242 e. The van der Waals surface area contributed by atoms with E-state index in [1.165, 1.54) is 11.3 Å². The van der Waals surface area contributed by atoms with Gasteiger partial charge in [0.2, 0.25) is 11.8 Å². The molecular formula is C13H17ClN2O2S2. The molecule has 1 aliphatic rings. The molecule has 1 unspecified atom stereocenters. The molecule has 0 spiro atoms. The molecule has 0 radical (unpaired) electrons. The van der Waals surface area contributed by atoms with Gasteiger partial charge in [0, 0.05) is 23.7 Å². The highest BCUT2D eigenvalue weighted by Gasteiger charge is 2.31. The highest BCUT2D eigenvalue weighted by molar-refractivity contribution is 7.99. The van der Waals surface area contributed by atoms with Crippen LogP contribution in [0, 0.1) is 0 Å². The monoisotopic (exact) mass is 332 g/mol. The first-order chi connectivity index (χ1) is 9.61. The molecule has 4 nitrogen and oxygen atoms in total. The van der Waals surface area contributed by atoms with Gasteiger partial charge in [-0.2, -0.15) is 0 Å². The molecule has 0 bridgehead atoms. The fourth-order valence-corrected chi connectivity index (χ4v) is 4.28. The van der Waals surface area contributed by atoms with Gasteiger partial charge in [0.1, 0.15) is 6.04 Å². The van der Waals surface area contributed by atoms with Crippen molar-refractivity contribution in [3.05, 3.63) is 21.3 Å². The van der Waals surface area contributed by atoms with E-state index >= 15 is 0 Å². The minimum atomic E-state index is -0.312. The van der Waals surface area contributed by atoms with Crippen molar-refractivity contribution in [2.45, 2.75) is 25.1 Å². The normalized spacial score (nSPS) is 19.0. The predicted molar refractivity (Wildman–Crippen MR) is 84.3 cm³/mol. The predicted octanol–water partition coefficient (Wildman–Crippen LogP) is 2.37. The average molecular weight is 333 g/mol. The van der Waals surface area contributed by atoms with Crippen molar-refractivity contribution in [1.29, 1.82) is 0 Å². The van der Waals surface area contributed by atoms with Crippen LogP contribution in [0.15, 0.2) is 12.1 Å². The highest BCUT2D eigenvalue weighted by atomic mass is 35.5. The molecule has 2 heterocycles. The lowest BCUT2D eigenvalue weighted by Gasteiger charge is -2.34. The summed E-state index contributed by atoms with van der Waals surface area (Å²) in [5.41, 5.74) is 0. The molecule has 1 saturated heterocycles. The van der Waals surface area contributed by atoms with Crippen molar-refractivity contribution >= 4 is 46.5 Å². The number of thiophene rings is 1. The van der Waals surface area contributed by atoms with Crippen LogP contribution >= 0.6 is 34.7 Å². The van der Waals surface area contributed by atoms with Crippen molar-refractivity contribution in [3.8, 4) is 0 Å². The average Bonchev–Trinajstić information content (AvgIpc) is 2.84. The van der Waals surface area contributed by atoms with Gasteiger partial charge in [0.25, 0.3) is 0 Å². The summed E-state index contributed by atoms with van der Waals surface area (Å²) in [6.07, 6.45) is 0.656. The van der Waals surface area contributed by atoms with Gasteiger partial charge in [-0.1, -0.05) is 18.5 Å². The first kappa shape index (κ1) is 15.7. The van der Waals surface area contributed by atoms with Gasteiger partial charge >= 0.3 is 0 Å². The van der Waals surface area contributed by atoms with E-state index in [0.717, 1.165) is 15.0 Å². The fraction of sp³-hybridized carbons (Fsp3) is 0.538. The number of hydrogen-bond donors (Lipinski definition) is 1. The molecule has 2 amide bonds. The van der Waals surface area contributed by atoms with E-state index in [-0.39, 0.29) is 17.9 Å². The molecule has 7 heteroatoms. The van der Waals surface area contributed by atoms with Crippen LogP contribution in [-0.4, -0.2) is 41.6 Å². The molecule has 1 fully saturated rings. The van der Waals surface area contributed by atoms with Crippen molar-refractivity contribution in [3.63, 3.8) is 0 Å². The van der Waals surface area contributed by atoms with Gasteiger partial charge in [-0.15, -0.1) is 23.1 Å². The smallest absolute Gasteiger partial charge is 0.242 e. The van der Waals surface area contributed by atoms with Crippen LogP contribution < -0.4 is 5.32 Å². The summed E-state index contributed by atoms with van der Waals surface area (Å²) in [6, 6.07) is 3.53. The van der Waals surface area contributed by atoms with Crippen LogP contribution in [0.1, 0.15) is 18.2 Å². The number of halogens is 1. The molecule has 1 aromatic rings. The number of thioether (sulfide) groups is 1. The zero-order valence-corrected chi connectivity index (χ0v) is 13.6. The molecule has 1 aromatic heterocycles. The second-order valence-electron chi connectivity index (χ2n) is 4.50. The standard InChI is InChI=1S/C13H17ClN2O2S2/c1-2-10-13(18)15-5-6-16(10)12(17)8-19-7-9-3-4-11(14)20-9/h3-4,10H,2,5-8H2,1H3,(H,15,18). The lowest BCUT2D eigenvalue weighted by molar-refractivity contribution is -0.141. The number of nitrogens with one attached hydrogen (secondary N) is 1. The van der Waals surface area contributed by atoms with Gasteiger partial charge in [-0.25, -0.2) is 0 Å². The number of carbonyl (C=O) groups is 2. The van der Waals surface area contributed by atoms with Gasteiger partial charge in [0.05, 0.1) is 10.1 Å². The van der Waals surface area contributed by atoms with Gasteiger partial charge in [-0.05, 0) is 18.6 Å². The largest absolute Gasteiger partial charge is 0.353 e. The third-order valence-corrected chi connectivity index (χ3v) is 5.52. The van der Waals surface area contributed by atoms with Crippen LogP contribution in [0.4, 0.5) is 0 Å². The van der Waals surface area contributed by atoms with Crippen molar-refractivity contribution in [2.75, 3.05) is 18.8 Å². The van der Waals surface area contributed by atoms with Gasteiger partial charge in [-0.3, -0.25) is 9.59 Å². The van der Waals surface area contributed by atoms with E-state index in [9.17, 15) is 9.59 Å². The minimum Gasteiger partial charge on any atom is -0.353 e. The van der Waals surface area contributed by atoms with Crippen molar-refractivity contribution < 1.29 is 9.59 Å². The van der Waals surface area contributed by atoms with E-state index < -0.39 is 0 Å². The number of hydrogen-bond acceptors (Lipinski definition) is 4. The molecule has 0 aromatic carbocycles. The van der Waals surface area contributed by atoms with Crippen LogP contribution in [-0.2, 0) is 15.3 Å². The molecule has 110 valence electrons. The van der Waals surface area contributed by atoms with Gasteiger partial charge in [0.15, 0.2) is 0 Å². The Kier molecular flexibility index (Phi) is 5.74. The van der Waals surface area contributed by atoms with Crippen LogP contribution in [0.5, 0.6) is 0 Å². The Morgan fingerprint density at radius 3 is 3.05 bits per heavy atom. The van der Waals surface area contributed by atoms with E-state index in [1.54, 1.807) is 16.7 Å². The maximum atomic E-state index is 12.2. The summed E-state index contributed by atoms with van der Waals surface area (Å²) in [5.74, 6) is 1.18. The first-order valence-corrected chi connectivity index (χ1v) is 8.86. The Labute approximate surface area is 131 Å². The van der Waals surface area contributed by atoms with E-state index in [4.69, 9.17) is 11.6 Å². The summed E-state index contributed by atoms with van der Waals surface area (Å²) >= 11 is 8.97. The number of piperazine rings is 1. The van der Waals surface area contributed by atoms with E-state index in [2.05, 4.69) is 5.32 Å². The molecule has 0 saturated carbocycles. The molecule has 1 N–H and O–H groups in total. The van der Waals surface area contributed by atoms with Crippen molar-refractivity contribution in [1.82, 2.24) is 10.2 Å². The SMILES string of the molecule is CCC1C(=O)NCCN1C(=O)CSCc1ccc(Cl)s1. The maximum absolute atomic E-state index is 12.2. The Balaban J connectivity index is 1.83. The molecule has 0 aliphatic carbocycles. The Morgan fingerprint density at radius 1 is 1.60 bits per heavy atom. The molecule has 1 aliphatic heterocycles. The van der Waals surface area contributed by atoms with Crippen LogP contribution in [0.2, 0.25) is 4.34 Å². The summed E-state index contributed by atoms with van der Waals surface area (Å²) in [6.45, 7) is 3.08. The number of rotatable bonds is 5. The zero-order chi connectivity index (χ0) is 14.5. The number of nitrogens with zero attached hydrogens (tertiary/aromatic N) is 1. The van der Waals surface area contributed by atoms with Crippen LogP contribution in [0.25, 0.3) is 0 Å². The Hall–Kier alpha value is -0.720.